The summed E-state index contributed by atoms with van der Waals surface area (Å²) < 4.78 is 37.0. The highest BCUT2D eigenvalue weighted by Gasteiger charge is 2.17. The van der Waals surface area contributed by atoms with Crippen LogP contribution in [0.25, 0.3) is 11.0 Å². The van der Waals surface area contributed by atoms with Crippen LogP contribution in [-0.2, 0) is 21.4 Å². The van der Waals surface area contributed by atoms with Crippen molar-refractivity contribution in [1.29, 1.82) is 0 Å². The summed E-state index contributed by atoms with van der Waals surface area (Å²) in [5.41, 5.74) is 1.31. The van der Waals surface area contributed by atoms with E-state index in [4.69, 9.17) is 15.6 Å². The molecule has 0 atom stereocenters. The number of nitrogens with one attached hydrogen (secondary N) is 1. The normalized spacial score (nSPS) is 11.2. The lowest BCUT2D eigenvalue weighted by Crippen LogP contribution is -2.24. The van der Waals surface area contributed by atoms with Crippen molar-refractivity contribution in [1.82, 2.24) is 4.72 Å². The standard InChI is InChI=1S/C21H17NO6S/c1-3-9-22-29(25,26)17-6-4-5-15(11-17)21(24)27-13-16-12-20(23)28-19-10-14(2)7-8-18(16)19/h1,4-8,10-12,22H,9,13H2,2H3. The van der Waals surface area contributed by atoms with Crippen LogP contribution in [0.1, 0.15) is 21.5 Å². The lowest BCUT2D eigenvalue weighted by Gasteiger charge is -2.09. The van der Waals surface area contributed by atoms with Crippen LogP contribution in [0.15, 0.2) is 62.6 Å². The first-order valence-corrected chi connectivity index (χ1v) is 10.0. The number of ether oxygens (including phenoxy) is 1. The molecule has 0 spiro atoms. The Morgan fingerprint density at radius 2 is 2.00 bits per heavy atom. The maximum atomic E-state index is 12.4. The van der Waals surface area contributed by atoms with Crippen LogP contribution in [0.4, 0.5) is 0 Å². The van der Waals surface area contributed by atoms with Gasteiger partial charge in [-0.2, -0.15) is 4.72 Å². The summed E-state index contributed by atoms with van der Waals surface area (Å²) in [6.07, 6.45) is 5.07. The van der Waals surface area contributed by atoms with Crippen molar-refractivity contribution < 1.29 is 22.4 Å². The van der Waals surface area contributed by atoms with Gasteiger partial charge in [0.05, 0.1) is 17.0 Å². The first-order chi connectivity index (χ1) is 13.8. The summed E-state index contributed by atoms with van der Waals surface area (Å²) in [7, 11) is -3.84. The molecule has 1 N–H and O–H groups in total. The zero-order valence-corrected chi connectivity index (χ0v) is 16.3. The van der Waals surface area contributed by atoms with Crippen molar-refractivity contribution in [2.75, 3.05) is 6.54 Å². The number of fused-ring (bicyclic) bond motifs is 1. The molecule has 0 bridgehead atoms. The monoisotopic (exact) mass is 411 g/mol. The number of esters is 1. The second kappa shape index (κ2) is 8.31. The Hall–Kier alpha value is -3.41. The Kier molecular flexibility index (Phi) is 5.82. The Morgan fingerprint density at radius 3 is 2.76 bits per heavy atom. The Morgan fingerprint density at radius 1 is 1.21 bits per heavy atom. The van der Waals surface area contributed by atoms with Crippen LogP contribution in [0.3, 0.4) is 0 Å². The average Bonchev–Trinajstić information content (AvgIpc) is 2.70. The lowest BCUT2D eigenvalue weighted by molar-refractivity contribution is 0.0473. The van der Waals surface area contributed by atoms with E-state index >= 15 is 0 Å². The summed E-state index contributed by atoms with van der Waals surface area (Å²) in [5.74, 6) is 1.45. The molecule has 0 amide bonds. The number of terminal acetylenes is 1. The van der Waals surface area contributed by atoms with Gasteiger partial charge in [-0.25, -0.2) is 18.0 Å². The number of benzene rings is 2. The second-order valence-electron chi connectivity index (χ2n) is 6.22. The molecule has 29 heavy (non-hydrogen) atoms. The molecule has 0 radical (unpaired) electrons. The quantitative estimate of drug-likeness (QED) is 0.380. The fraction of sp³-hybridized carbons (Fsp3) is 0.143. The Balaban J connectivity index is 1.82. The smallest absolute Gasteiger partial charge is 0.338 e. The third kappa shape index (κ3) is 4.71. The Bertz CT molecular complexity index is 1280. The number of aryl methyl sites for hydroxylation is 1. The van der Waals surface area contributed by atoms with Gasteiger partial charge < -0.3 is 9.15 Å². The predicted molar refractivity (Wildman–Crippen MR) is 107 cm³/mol. The minimum absolute atomic E-state index is 0.0525. The molecule has 8 heteroatoms. The van der Waals surface area contributed by atoms with E-state index in [0.29, 0.717) is 16.5 Å². The van der Waals surface area contributed by atoms with E-state index in [1.807, 2.05) is 13.0 Å². The SMILES string of the molecule is C#CCNS(=O)(=O)c1cccc(C(=O)OCc2cc(=O)oc3cc(C)ccc23)c1. The molecule has 2 aromatic carbocycles. The van der Waals surface area contributed by atoms with Crippen LogP contribution < -0.4 is 10.3 Å². The molecule has 3 rings (SSSR count). The van der Waals surface area contributed by atoms with E-state index in [0.717, 1.165) is 5.56 Å². The van der Waals surface area contributed by atoms with Gasteiger partial charge in [0.15, 0.2) is 0 Å². The predicted octanol–water partition coefficient (Wildman–Crippen LogP) is 2.37. The van der Waals surface area contributed by atoms with E-state index < -0.39 is 21.6 Å². The molecule has 148 valence electrons. The maximum absolute atomic E-state index is 12.4. The zero-order chi connectivity index (χ0) is 21.0. The molecule has 1 aromatic heterocycles. The van der Waals surface area contributed by atoms with Gasteiger partial charge in [-0.1, -0.05) is 24.1 Å². The summed E-state index contributed by atoms with van der Waals surface area (Å²) in [5, 5.41) is 0.651. The van der Waals surface area contributed by atoms with Crippen molar-refractivity contribution in [3.05, 3.63) is 75.6 Å². The summed E-state index contributed by atoms with van der Waals surface area (Å²) in [6.45, 7) is 1.53. The van der Waals surface area contributed by atoms with Crippen molar-refractivity contribution >= 4 is 27.0 Å². The van der Waals surface area contributed by atoms with Crippen LogP contribution in [-0.4, -0.2) is 20.9 Å². The van der Waals surface area contributed by atoms with E-state index in [1.54, 1.807) is 12.1 Å². The third-order valence-corrected chi connectivity index (χ3v) is 5.49. The van der Waals surface area contributed by atoms with Gasteiger partial charge in [0.25, 0.3) is 0 Å². The minimum Gasteiger partial charge on any atom is -0.457 e. The van der Waals surface area contributed by atoms with Crippen molar-refractivity contribution in [3.63, 3.8) is 0 Å². The van der Waals surface area contributed by atoms with Gasteiger partial charge in [-0.05, 0) is 36.8 Å². The Labute approximate surface area is 167 Å². The summed E-state index contributed by atoms with van der Waals surface area (Å²) in [6, 6.07) is 12.0. The van der Waals surface area contributed by atoms with Gasteiger partial charge in [-0.15, -0.1) is 6.42 Å². The lowest BCUT2D eigenvalue weighted by atomic mass is 10.1. The summed E-state index contributed by atoms with van der Waals surface area (Å²) >= 11 is 0. The molecule has 1 heterocycles. The topological polar surface area (TPSA) is 103 Å². The number of hydrogen-bond donors (Lipinski definition) is 1. The fourth-order valence-electron chi connectivity index (χ4n) is 2.69. The molecule has 0 aliphatic carbocycles. The number of rotatable bonds is 6. The molecular formula is C21H17NO6S. The van der Waals surface area contributed by atoms with Crippen molar-refractivity contribution in [2.45, 2.75) is 18.4 Å². The van der Waals surface area contributed by atoms with Crippen LogP contribution in [0.5, 0.6) is 0 Å². The number of carbonyl (C=O) groups excluding carboxylic acids is 1. The minimum atomic E-state index is -3.84. The molecule has 0 saturated heterocycles. The van der Waals surface area contributed by atoms with Gasteiger partial charge in [0.2, 0.25) is 10.0 Å². The molecule has 0 aliphatic rings. The maximum Gasteiger partial charge on any atom is 0.338 e. The third-order valence-electron chi connectivity index (χ3n) is 4.09. The summed E-state index contributed by atoms with van der Waals surface area (Å²) in [4.78, 5) is 24.1. The fourth-order valence-corrected chi connectivity index (χ4v) is 3.67. The van der Waals surface area contributed by atoms with Crippen molar-refractivity contribution in [3.8, 4) is 12.3 Å². The van der Waals surface area contributed by atoms with Crippen molar-refractivity contribution in [2.24, 2.45) is 0 Å². The molecule has 0 aliphatic heterocycles. The second-order valence-corrected chi connectivity index (χ2v) is 7.99. The highest BCUT2D eigenvalue weighted by molar-refractivity contribution is 7.89. The molecule has 0 saturated carbocycles. The molecule has 7 nitrogen and oxygen atoms in total. The van der Waals surface area contributed by atoms with Gasteiger partial charge in [0, 0.05) is 17.0 Å². The molecule has 0 unspecified atom stereocenters. The molecular weight excluding hydrogens is 394 g/mol. The molecule has 3 aromatic rings. The first kappa shape index (κ1) is 20.3. The van der Waals surface area contributed by atoms with Crippen LogP contribution in [0, 0.1) is 19.3 Å². The first-order valence-electron chi connectivity index (χ1n) is 8.54. The van der Waals surface area contributed by atoms with Crippen LogP contribution in [0.2, 0.25) is 0 Å². The van der Waals surface area contributed by atoms with E-state index in [2.05, 4.69) is 10.6 Å². The van der Waals surface area contributed by atoms with Gasteiger partial charge in [0.1, 0.15) is 12.2 Å². The molecule has 0 fully saturated rings. The highest BCUT2D eigenvalue weighted by Crippen LogP contribution is 2.20. The van der Waals surface area contributed by atoms with Crippen LogP contribution >= 0.6 is 0 Å². The van der Waals surface area contributed by atoms with Gasteiger partial charge >= 0.3 is 11.6 Å². The number of sulfonamides is 1. The number of hydrogen-bond acceptors (Lipinski definition) is 6. The van der Waals surface area contributed by atoms with Gasteiger partial charge in [-0.3, -0.25) is 0 Å². The highest BCUT2D eigenvalue weighted by atomic mass is 32.2. The zero-order valence-electron chi connectivity index (χ0n) is 15.5. The van der Waals surface area contributed by atoms with E-state index in [-0.39, 0.29) is 23.6 Å². The average molecular weight is 411 g/mol. The number of carbonyl (C=O) groups is 1. The van der Waals surface area contributed by atoms with E-state index in [1.165, 1.54) is 30.3 Å². The largest absolute Gasteiger partial charge is 0.457 e. The van der Waals surface area contributed by atoms with E-state index in [9.17, 15) is 18.0 Å².